The maximum atomic E-state index is 8.66. The number of hydrogen-bond donors (Lipinski definition) is 0. The van der Waals surface area contributed by atoms with Gasteiger partial charge in [-0.3, -0.25) is 9.88 Å². The molecule has 0 saturated heterocycles. The minimum atomic E-state index is 0.580. The number of nitrogens with zero attached hydrogens (tertiary/aromatic N) is 3. The summed E-state index contributed by atoms with van der Waals surface area (Å²) in [4.78, 5) is 6.65. The standard InChI is InChI=1S/C15H17N3/c1-2-18(11-5-9-16)12-13-8-10-17-15-7-4-3-6-14(13)15/h3-4,6-8,10H,2,5,11-12H2,1H3. The lowest BCUT2D eigenvalue weighted by Crippen LogP contribution is -2.23. The third-order valence-corrected chi connectivity index (χ3v) is 3.12. The molecular weight excluding hydrogens is 222 g/mol. The van der Waals surface area contributed by atoms with Gasteiger partial charge in [0.15, 0.2) is 0 Å². The van der Waals surface area contributed by atoms with Crippen LogP contribution in [0.2, 0.25) is 0 Å². The first-order valence-electron chi connectivity index (χ1n) is 6.27. The molecule has 1 aromatic carbocycles. The Morgan fingerprint density at radius 1 is 1.28 bits per heavy atom. The fraction of sp³-hybridized carbons (Fsp3) is 0.333. The highest BCUT2D eigenvalue weighted by Crippen LogP contribution is 2.17. The highest BCUT2D eigenvalue weighted by atomic mass is 15.1. The Labute approximate surface area is 108 Å². The van der Waals surface area contributed by atoms with E-state index >= 15 is 0 Å². The second-order valence-electron chi connectivity index (χ2n) is 4.26. The molecule has 1 aromatic heterocycles. The monoisotopic (exact) mass is 239 g/mol. The number of pyridine rings is 1. The minimum absolute atomic E-state index is 0.580. The summed E-state index contributed by atoms with van der Waals surface area (Å²) >= 11 is 0. The summed E-state index contributed by atoms with van der Waals surface area (Å²) < 4.78 is 0. The largest absolute Gasteiger partial charge is 0.298 e. The molecule has 0 spiro atoms. The topological polar surface area (TPSA) is 39.9 Å². The van der Waals surface area contributed by atoms with Gasteiger partial charge in [0.25, 0.3) is 0 Å². The molecule has 0 unspecified atom stereocenters. The van der Waals surface area contributed by atoms with Gasteiger partial charge >= 0.3 is 0 Å². The zero-order valence-electron chi connectivity index (χ0n) is 10.6. The predicted molar refractivity (Wildman–Crippen MR) is 72.9 cm³/mol. The van der Waals surface area contributed by atoms with Crippen LogP contribution in [-0.2, 0) is 6.54 Å². The highest BCUT2D eigenvalue weighted by molar-refractivity contribution is 5.81. The lowest BCUT2D eigenvalue weighted by Gasteiger charge is -2.19. The summed E-state index contributed by atoms with van der Waals surface area (Å²) in [6, 6.07) is 12.5. The summed E-state index contributed by atoms with van der Waals surface area (Å²) in [5.74, 6) is 0. The van der Waals surface area contributed by atoms with Crippen LogP contribution in [0.15, 0.2) is 36.5 Å². The zero-order valence-corrected chi connectivity index (χ0v) is 10.6. The SMILES string of the molecule is CCN(CCC#N)Cc1ccnc2ccccc12. The van der Waals surface area contributed by atoms with Gasteiger partial charge in [-0.25, -0.2) is 0 Å². The summed E-state index contributed by atoms with van der Waals surface area (Å²) in [5, 5.41) is 9.87. The van der Waals surface area contributed by atoms with Crippen molar-refractivity contribution in [2.45, 2.75) is 19.9 Å². The van der Waals surface area contributed by atoms with Crippen molar-refractivity contribution in [3.8, 4) is 6.07 Å². The second kappa shape index (κ2) is 6.13. The van der Waals surface area contributed by atoms with Crippen molar-refractivity contribution in [1.29, 1.82) is 5.26 Å². The zero-order chi connectivity index (χ0) is 12.8. The molecule has 0 N–H and O–H groups in total. The minimum Gasteiger partial charge on any atom is -0.298 e. The molecule has 0 atom stereocenters. The quantitative estimate of drug-likeness (QED) is 0.805. The maximum absolute atomic E-state index is 8.66. The first-order chi connectivity index (χ1) is 8.85. The number of para-hydroxylation sites is 1. The molecule has 0 saturated carbocycles. The van der Waals surface area contributed by atoms with E-state index in [-0.39, 0.29) is 0 Å². The Balaban J connectivity index is 2.23. The molecule has 3 nitrogen and oxygen atoms in total. The normalized spacial score (nSPS) is 10.7. The van der Waals surface area contributed by atoms with E-state index in [9.17, 15) is 0 Å². The first kappa shape index (κ1) is 12.5. The van der Waals surface area contributed by atoms with E-state index in [1.54, 1.807) is 0 Å². The number of aromatic nitrogens is 1. The third-order valence-electron chi connectivity index (χ3n) is 3.12. The summed E-state index contributed by atoms with van der Waals surface area (Å²) in [6.45, 7) is 4.78. The van der Waals surface area contributed by atoms with E-state index in [1.807, 2.05) is 24.4 Å². The van der Waals surface area contributed by atoms with Crippen LogP contribution in [0.1, 0.15) is 18.9 Å². The second-order valence-corrected chi connectivity index (χ2v) is 4.26. The number of benzene rings is 1. The van der Waals surface area contributed by atoms with Crippen molar-refractivity contribution in [1.82, 2.24) is 9.88 Å². The molecule has 0 aliphatic heterocycles. The Morgan fingerprint density at radius 2 is 2.11 bits per heavy atom. The molecule has 92 valence electrons. The molecule has 2 rings (SSSR count). The Kier molecular flexibility index (Phi) is 4.27. The van der Waals surface area contributed by atoms with Gasteiger partial charge in [0, 0.05) is 31.1 Å². The van der Waals surface area contributed by atoms with Crippen LogP contribution in [0.5, 0.6) is 0 Å². The molecule has 0 aliphatic carbocycles. The van der Waals surface area contributed by atoms with Crippen molar-refractivity contribution in [3.05, 3.63) is 42.1 Å². The Morgan fingerprint density at radius 3 is 2.89 bits per heavy atom. The summed E-state index contributed by atoms with van der Waals surface area (Å²) in [6.07, 6.45) is 2.44. The fourth-order valence-electron chi connectivity index (χ4n) is 2.09. The number of hydrogen-bond acceptors (Lipinski definition) is 3. The van der Waals surface area contributed by atoms with Crippen molar-refractivity contribution in [2.24, 2.45) is 0 Å². The number of rotatable bonds is 5. The van der Waals surface area contributed by atoms with Crippen LogP contribution < -0.4 is 0 Å². The van der Waals surface area contributed by atoms with Crippen LogP contribution in [0.4, 0.5) is 0 Å². The van der Waals surface area contributed by atoms with Crippen LogP contribution in [0.25, 0.3) is 10.9 Å². The molecule has 2 aromatic rings. The van der Waals surface area contributed by atoms with E-state index in [0.29, 0.717) is 6.42 Å². The molecular formula is C15H17N3. The van der Waals surface area contributed by atoms with E-state index in [1.165, 1.54) is 10.9 Å². The molecule has 0 aliphatic rings. The molecule has 0 amide bonds. The predicted octanol–water partition coefficient (Wildman–Crippen LogP) is 2.97. The average molecular weight is 239 g/mol. The van der Waals surface area contributed by atoms with Gasteiger partial charge in [0.05, 0.1) is 11.6 Å². The molecule has 3 heteroatoms. The fourth-order valence-corrected chi connectivity index (χ4v) is 2.09. The summed E-state index contributed by atoms with van der Waals surface area (Å²) in [5.41, 5.74) is 2.31. The van der Waals surface area contributed by atoms with Crippen molar-refractivity contribution in [3.63, 3.8) is 0 Å². The van der Waals surface area contributed by atoms with Crippen molar-refractivity contribution in [2.75, 3.05) is 13.1 Å². The van der Waals surface area contributed by atoms with E-state index in [2.05, 4.69) is 35.0 Å². The number of nitriles is 1. The van der Waals surface area contributed by atoms with Gasteiger partial charge in [-0.15, -0.1) is 0 Å². The van der Waals surface area contributed by atoms with Crippen LogP contribution in [0, 0.1) is 11.3 Å². The average Bonchev–Trinajstić information content (AvgIpc) is 2.43. The number of fused-ring (bicyclic) bond motifs is 1. The molecule has 1 heterocycles. The van der Waals surface area contributed by atoms with Gasteiger partial charge in [-0.1, -0.05) is 25.1 Å². The maximum Gasteiger partial charge on any atom is 0.0705 e. The van der Waals surface area contributed by atoms with Crippen LogP contribution in [-0.4, -0.2) is 23.0 Å². The third kappa shape index (κ3) is 2.85. The van der Waals surface area contributed by atoms with Crippen molar-refractivity contribution >= 4 is 10.9 Å². The molecule has 0 bridgehead atoms. The molecule has 18 heavy (non-hydrogen) atoms. The van der Waals surface area contributed by atoms with Crippen LogP contribution in [0.3, 0.4) is 0 Å². The summed E-state index contributed by atoms with van der Waals surface area (Å²) in [7, 11) is 0. The van der Waals surface area contributed by atoms with E-state index in [4.69, 9.17) is 5.26 Å². The Hall–Kier alpha value is -1.92. The van der Waals surface area contributed by atoms with Gasteiger partial charge in [-0.2, -0.15) is 5.26 Å². The van der Waals surface area contributed by atoms with Gasteiger partial charge < -0.3 is 0 Å². The van der Waals surface area contributed by atoms with E-state index in [0.717, 1.165) is 25.2 Å². The molecule has 0 fully saturated rings. The Bertz CT molecular complexity index is 552. The molecule has 0 radical (unpaired) electrons. The highest BCUT2D eigenvalue weighted by Gasteiger charge is 2.06. The van der Waals surface area contributed by atoms with Crippen molar-refractivity contribution < 1.29 is 0 Å². The van der Waals surface area contributed by atoms with Gasteiger partial charge in [0.1, 0.15) is 0 Å². The van der Waals surface area contributed by atoms with Gasteiger partial charge in [0.2, 0.25) is 0 Å². The first-order valence-corrected chi connectivity index (χ1v) is 6.27. The van der Waals surface area contributed by atoms with E-state index < -0.39 is 0 Å². The lowest BCUT2D eigenvalue weighted by molar-refractivity contribution is 0.288. The lowest BCUT2D eigenvalue weighted by atomic mass is 10.1. The van der Waals surface area contributed by atoms with Gasteiger partial charge in [-0.05, 0) is 24.2 Å². The smallest absolute Gasteiger partial charge is 0.0705 e. The van der Waals surface area contributed by atoms with Crippen LogP contribution >= 0.6 is 0 Å².